The number of aromatic amines is 1. The van der Waals surface area contributed by atoms with Gasteiger partial charge in [-0.3, -0.25) is 14.4 Å². The molecule has 8 heteroatoms. The Morgan fingerprint density at radius 3 is 2.88 bits per heavy atom. The molecular weight excluding hydrogens is 306 g/mol. The lowest BCUT2D eigenvalue weighted by atomic mass is 10.1. The van der Waals surface area contributed by atoms with E-state index in [1.54, 1.807) is 18.6 Å². The van der Waals surface area contributed by atoms with E-state index in [4.69, 9.17) is 0 Å². The summed E-state index contributed by atoms with van der Waals surface area (Å²) in [6.07, 6.45) is 7.29. The molecule has 3 aromatic rings. The molecule has 1 aliphatic rings. The Labute approximate surface area is 138 Å². The van der Waals surface area contributed by atoms with E-state index >= 15 is 0 Å². The van der Waals surface area contributed by atoms with Gasteiger partial charge >= 0.3 is 0 Å². The van der Waals surface area contributed by atoms with Gasteiger partial charge in [0.25, 0.3) is 5.56 Å². The first-order chi connectivity index (χ1) is 11.7. The molecule has 4 heterocycles. The van der Waals surface area contributed by atoms with Crippen molar-refractivity contribution < 1.29 is 0 Å². The average molecular weight is 323 g/mol. The van der Waals surface area contributed by atoms with E-state index in [9.17, 15) is 4.79 Å². The third-order valence-corrected chi connectivity index (χ3v) is 4.29. The minimum atomic E-state index is -0.0893. The van der Waals surface area contributed by atoms with Crippen molar-refractivity contribution in [2.75, 3.05) is 6.54 Å². The number of aromatic nitrogens is 6. The van der Waals surface area contributed by atoms with Crippen LogP contribution in [0.25, 0.3) is 11.4 Å². The standard InChI is InChI=1S/C16H17N7O/c1-22-12(2-4-19-22)8-23-5-3-14-13(9-23)16(24)21-15(20-14)11-6-17-10-18-7-11/h2,4,6-7,10H,3,5,8-9H2,1H3,(H,20,21,24). The highest BCUT2D eigenvalue weighted by Crippen LogP contribution is 2.18. The van der Waals surface area contributed by atoms with Crippen LogP contribution in [-0.2, 0) is 26.6 Å². The van der Waals surface area contributed by atoms with Crippen molar-refractivity contribution in [1.29, 1.82) is 0 Å². The van der Waals surface area contributed by atoms with Crippen LogP contribution in [0.5, 0.6) is 0 Å². The Kier molecular flexibility index (Phi) is 3.66. The molecule has 0 saturated heterocycles. The first kappa shape index (κ1) is 14.7. The molecule has 24 heavy (non-hydrogen) atoms. The summed E-state index contributed by atoms with van der Waals surface area (Å²) in [5.74, 6) is 0.527. The number of nitrogens with zero attached hydrogens (tertiary/aromatic N) is 6. The molecule has 0 fully saturated rings. The van der Waals surface area contributed by atoms with Crippen LogP contribution in [0.3, 0.4) is 0 Å². The summed E-state index contributed by atoms with van der Waals surface area (Å²) in [5, 5.41) is 4.19. The fraction of sp³-hybridized carbons (Fsp3) is 0.312. The van der Waals surface area contributed by atoms with Gasteiger partial charge in [0.05, 0.1) is 22.5 Å². The van der Waals surface area contributed by atoms with Crippen molar-refractivity contribution in [3.05, 3.63) is 58.3 Å². The Morgan fingerprint density at radius 1 is 1.29 bits per heavy atom. The molecule has 3 aromatic heterocycles. The second-order valence-corrected chi connectivity index (χ2v) is 5.87. The van der Waals surface area contributed by atoms with Crippen LogP contribution in [0.15, 0.2) is 35.8 Å². The molecule has 8 nitrogen and oxygen atoms in total. The molecule has 0 aromatic carbocycles. The normalized spacial score (nSPS) is 14.5. The van der Waals surface area contributed by atoms with Crippen LogP contribution in [0.2, 0.25) is 0 Å². The molecule has 0 bridgehead atoms. The van der Waals surface area contributed by atoms with Crippen molar-refractivity contribution in [1.82, 2.24) is 34.6 Å². The molecule has 0 atom stereocenters. The molecular formula is C16H17N7O. The monoisotopic (exact) mass is 323 g/mol. The number of hydrogen-bond donors (Lipinski definition) is 1. The fourth-order valence-corrected chi connectivity index (χ4v) is 2.96. The summed E-state index contributed by atoms with van der Waals surface area (Å²) in [7, 11) is 1.93. The minimum absolute atomic E-state index is 0.0893. The first-order valence-corrected chi connectivity index (χ1v) is 7.77. The van der Waals surface area contributed by atoms with Crippen molar-refractivity contribution in [2.24, 2.45) is 7.05 Å². The number of aryl methyl sites for hydroxylation is 1. The molecule has 4 rings (SSSR count). The first-order valence-electron chi connectivity index (χ1n) is 7.77. The maximum atomic E-state index is 12.5. The van der Waals surface area contributed by atoms with Crippen LogP contribution in [0.1, 0.15) is 17.0 Å². The Hall–Kier alpha value is -2.87. The molecule has 0 aliphatic carbocycles. The topological polar surface area (TPSA) is 92.6 Å². The summed E-state index contributed by atoms with van der Waals surface area (Å²) in [6, 6.07) is 2.00. The van der Waals surface area contributed by atoms with Crippen molar-refractivity contribution in [3.63, 3.8) is 0 Å². The highest BCUT2D eigenvalue weighted by molar-refractivity contribution is 5.52. The summed E-state index contributed by atoms with van der Waals surface area (Å²) in [5.41, 5.74) is 3.35. The van der Waals surface area contributed by atoms with Gasteiger partial charge in [0.15, 0.2) is 0 Å². The number of fused-ring (bicyclic) bond motifs is 1. The van der Waals surface area contributed by atoms with Gasteiger partial charge in [0.2, 0.25) is 0 Å². The van der Waals surface area contributed by atoms with Crippen LogP contribution in [-0.4, -0.2) is 41.2 Å². The molecule has 0 saturated carbocycles. The van der Waals surface area contributed by atoms with Gasteiger partial charge in [-0.1, -0.05) is 0 Å². The lowest BCUT2D eigenvalue weighted by molar-refractivity contribution is 0.235. The minimum Gasteiger partial charge on any atom is -0.306 e. The zero-order valence-corrected chi connectivity index (χ0v) is 13.3. The van der Waals surface area contributed by atoms with Crippen molar-refractivity contribution in [3.8, 4) is 11.4 Å². The molecule has 0 amide bonds. The lowest BCUT2D eigenvalue weighted by Crippen LogP contribution is -2.35. The van der Waals surface area contributed by atoms with Gasteiger partial charge < -0.3 is 4.98 Å². The van der Waals surface area contributed by atoms with Crippen LogP contribution >= 0.6 is 0 Å². The third-order valence-electron chi connectivity index (χ3n) is 4.29. The van der Waals surface area contributed by atoms with Gasteiger partial charge in [-0.25, -0.2) is 15.0 Å². The van der Waals surface area contributed by atoms with E-state index < -0.39 is 0 Å². The zero-order chi connectivity index (χ0) is 16.5. The highest BCUT2D eigenvalue weighted by atomic mass is 16.1. The largest absolute Gasteiger partial charge is 0.306 e. The highest BCUT2D eigenvalue weighted by Gasteiger charge is 2.22. The van der Waals surface area contributed by atoms with Gasteiger partial charge in [-0.15, -0.1) is 0 Å². The van der Waals surface area contributed by atoms with E-state index in [2.05, 4.69) is 29.9 Å². The number of H-pyrrole nitrogens is 1. The molecule has 122 valence electrons. The van der Waals surface area contributed by atoms with E-state index in [1.165, 1.54) is 6.33 Å². The Morgan fingerprint density at radius 2 is 2.12 bits per heavy atom. The molecule has 0 radical (unpaired) electrons. The lowest BCUT2D eigenvalue weighted by Gasteiger charge is -2.27. The van der Waals surface area contributed by atoms with E-state index in [0.717, 1.165) is 42.0 Å². The predicted molar refractivity (Wildman–Crippen MR) is 86.9 cm³/mol. The Bertz CT molecular complexity index is 916. The zero-order valence-electron chi connectivity index (χ0n) is 13.3. The van der Waals surface area contributed by atoms with Gasteiger partial charge in [-0.05, 0) is 6.07 Å². The van der Waals surface area contributed by atoms with Gasteiger partial charge in [-0.2, -0.15) is 5.10 Å². The maximum Gasteiger partial charge on any atom is 0.255 e. The van der Waals surface area contributed by atoms with Crippen LogP contribution < -0.4 is 5.56 Å². The van der Waals surface area contributed by atoms with Crippen molar-refractivity contribution in [2.45, 2.75) is 19.5 Å². The number of rotatable bonds is 3. The summed E-state index contributed by atoms with van der Waals surface area (Å²) in [4.78, 5) is 30.1. The van der Waals surface area contributed by atoms with Gasteiger partial charge in [0, 0.05) is 51.7 Å². The molecule has 0 unspecified atom stereocenters. The third kappa shape index (κ3) is 2.71. The van der Waals surface area contributed by atoms with Gasteiger partial charge in [0.1, 0.15) is 12.2 Å². The van der Waals surface area contributed by atoms with E-state index in [-0.39, 0.29) is 5.56 Å². The SMILES string of the molecule is Cn1nccc1CN1CCc2nc(-c3cncnc3)[nH]c(=O)c2C1. The quantitative estimate of drug-likeness (QED) is 0.755. The number of hydrogen-bond acceptors (Lipinski definition) is 6. The smallest absolute Gasteiger partial charge is 0.255 e. The average Bonchev–Trinajstić information content (AvgIpc) is 3.01. The summed E-state index contributed by atoms with van der Waals surface area (Å²) < 4.78 is 1.86. The number of nitrogens with one attached hydrogen (secondary N) is 1. The van der Waals surface area contributed by atoms with E-state index in [0.29, 0.717) is 12.4 Å². The second-order valence-electron chi connectivity index (χ2n) is 5.87. The molecule has 1 N–H and O–H groups in total. The molecule has 1 aliphatic heterocycles. The Balaban J connectivity index is 1.61. The summed E-state index contributed by atoms with van der Waals surface area (Å²) in [6.45, 7) is 2.22. The second kappa shape index (κ2) is 5.97. The van der Waals surface area contributed by atoms with E-state index in [1.807, 2.05) is 17.8 Å². The van der Waals surface area contributed by atoms with Crippen molar-refractivity contribution >= 4 is 0 Å². The fourth-order valence-electron chi connectivity index (χ4n) is 2.96. The predicted octanol–water partition coefficient (Wildman–Crippen LogP) is 0.519. The van der Waals surface area contributed by atoms with Crippen LogP contribution in [0, 0.1) is 0 Å². The maximum absolute atomic E-state index is 12.5. The van der Waals surface area contributed by atoms with Crippen LogP contribution in [0.4, 0.5) is 0 Å². The summed E-state index contributed by atoms with van der Waals surface area (Å²) >= 11 is 0. The molecule has 0 spiro atoms.